The minimum absolute atomic E-state index is 0.00385. The molecule has 8 nitrogen and oxygen atoms in total. The molecule has 1 aliphatic carbocycles. The van der Waals surface area contributed by atoms with E-state index in [2.05, 4.69) is 5.32 Å². The highest BCUT2D eigenvalue weighted by Crippen LogP contribution is 2.28. The number of aryl methyl sites for hydroxylation is 1. The van der Waals surface area contributed by atoms with Gasteiger partial charge < -0.3 is 20.1 Å². The van der Waals surface area contributed by atoms with Crippen LogP contribution in [-0.4, -0.2) is 71.1 Å². The lowest BCUT2D eigenvalue weighted by molar-refractivity contribution is -0.138. The van der Waals surface area contributed by atoms with Crippen molar-refractivity contribution in [2.24, 2.45) is 5.92 Å². The second-order valence-electron chi connectivity index (χ2n) is 8.25. The number of phenols is 1. The van der Waals surface area contributed by atoms with Crippen LogP contribution in [0.1, 0.15) is 41.6 Å². The predicted octanol–water partition coefficient (Wildman–Crippen LogP) is 1.65. The molecule has 1 unspecified atom stereocenters. The van der Waals surface area contributed by atoms with Gasteiger partial charge in [0.25, 0.3) is 5.91 Å². The van der Waals surface area contributed by atoms with Crippen molar-refractivity contribution in [2.45, 2.75) is 44.7 Å². The second-order valence-corrected chi connectivity index (χ2v) is 8.25. The molecule has 1 saturated carbocycles. The number of piperazine rings is 1. The van der Waals surface area contributed by atoms with Gasteiger partial charge >= 0.3 is 6.09 Å². The van der Waals surface area contributed by atoms with E-state index in [1.54, 1.807) is 17.0 Å². The molecule has 3 fully saturated rings. The van der Waals surface area contributed by atoms with Gasteiger partial charge in [0, 0.05) is 31.6 Å². The monoisotopic (exact) mass is 401 g/mol. The number of nitrogens with zero attached hydrogens (tertiary/aromatic N) is 2. The Balaban J connectivity index is 1.28. The molecule has 0 aromatic heterocycles. The van der Waals surface area contributed by atoms with Crippen LogP contribution >= 0.6 is 0 Å². The topological polar surface area (TPSA) is 99.2 Å². The molecule has 3 amide bonds. The molecule has 8 heteroatoms. The summed E-state index contributed by atoms with van der Waals surface area (Å²) in [7, 11) is 0. The van der Waals surface area contributed by atoms with Gasteiger partial charge in [-0.1, -0.05) is 11.6 Å². The van der Waals surface area contributed by atoms with E-state index < -0.39 is 0 Å². The number of fused-ring (bicyclic) bond motifs is 1. The third-order valence-corrected chi connectivity index (χ3v) is 6.24. The maximum atomic E-state index is 12.9. The zero-order valence-corrected chi connectivity index (χ0v) is 16.6. The predicted molar refractivity (Wildman–Crippen MR) is 104 cm³/mol. The first kappa shape index (κ1) is 19.5. The Kier molecular flexibility index (Phi) is 5.34. The van der Waals surface area contributed by atoms with Crippen molar-refractivity contribution in [1.82, 2.24) is 15.1 Å². The first-order valence-electron chi connectivity index (χ1n) is 10.2. The third kappa shape index (κ3) is 4.02. The average molecular weight is 401 g/mol. The Labute approximate surface area is 169 Å². The van der Waals surface area contributed by atoms with Crippen LogP contribution in [0.3, 0.4) is 0 Å². The molecule has 1 aromatic rings. The van der Waals surface area contributed by atoms with E-state index in [-0.39, 0.29) is 47.2 Å². The van der Waals surface area contributed by atoms with Crippen molar-refractivity contribution in [3.05, 3.63) is 29.3 Å². The Morgan fingerprint density at radius 2 is 1.93 bits per heavy atom. The molecule has 1 atom stereocenters. The number of phenolic OH excluding ortho intramolecular Hbond substituents is 1. The zero-order valence-electron chi connectivity index (χ0n) is 16.6. The standard InChI is InChI=1S/C21H27N3O5/c1-13-2-7-18(25)17(10-13)19(26)22-15-5-3-14(4-6-15)20(27)23-8-9-24-16(11-23)12-29-21(24)28/h2,7,10,14-16,25H,3-6,8-9,11-12H2,1H3,(H,22,26). The van der Waals surface area contributed by atoms with Crippen molar-refractivity contribution < 1.29 is 24.2 Å². The summed E-state index contributed by atoms with van der Waals surface area (Å²) in [5, 5.41) is 12.9. The number of amides is 3. The van der Waals surface area contributed by atoms with Crippen molar-refractivity contribution in [3.8, 4) is 5.75 Å². The minimum atomic E-state index is -0.280. The summed E-state index contributed by atoms with van der Waals surface area (Å²) >= 11 is 0. The highest BCUT2D eigenvalue weighted by atomic mass is 16.6. The number of nitrogens with one attached hydrogen (secondary N) is 1. The molecule has 2 heterocycles. The van der Waals surface area contributed by atoms with Crippen LogP contribution in [0.2, 0.25) is 0 Å². The van der Waals surface area contributed by atoms with Crippen LogP contribution in [0.25, 0.3) is 0 Å². The second kappa shape index (κ2) is 7.93. The normalized spacial score (nSPS) is 26.7. The van der Waals surface area contributed by atoms with E-state index in [9.17, 15) is 19.5 Å². The number of hydrogen-bond donors (Lipinski definition) is 2. The van der Waals surface area contributed by atoms with Crippen LogP contribution in [0.15, 0.2) is 18.2 Å². The molecule has 2 aliphatic heterocycles. The number of ether oxygens (including phenoxy) is 1. The summed E-state index contributed by atoms with van der Waals surface area (Å²) in [6, 6.07) is 4.94. The Morgan fingerprint density at radius 3 is 2.69 bits per heavy atom. The first-order valence-corrected chi connectivity index (χ1v) is 10.2. The molecule has 0 bridgehead atoms. The highest BCUT2D eigenvalue weighted by molar-refractivity contribution is 5.97. The molecule has 2 saturated heterocycles. The fourth-order valence-electron chi connectivity index (χ4n) is 4.53. The number of aromatic hydroxyl groups is 1. The van der Waals surface area contributed by atoms with Crippen LogP contribution < -0.4 is 5.32 Å². The number of carbonyl (C=O) groups is 3. The lowest BCUT2D eigenvalue weighted by atomic mass is 9.84. The van der Waals surface area contributed by atoms with Gasteiger partial charge in [-0.15, -0.1) is 0 Å². The minimum Gasteiger partial charge on any atom is -0.507 e. The SMILES string of the molecule is Cc1ccc(O)c(C(=O)NC2CCC(C(=O)N3CCN4C(=O)OCC4C3)CC2)c1. The fraction of sp³-hybridized carbons (Fsp3) is 0.571. The number of hydrogen-bond acceptors (Lipinski definition) is 5. The van der Waals surface area contributed by atoms with E-state index in [1.807, 2.05) is 11.8 Å². The molecule has 3 aliphatic rings. The summed E-state index contributed by atoms with van der Waals surface area (Å²) < 4.78 is 5.07. The van der Waals surface area contributed by atoms with Crippen molar-refractivity contribution in [2.75, 3.05) is 26.2 Å². The molecule has 0 spiro atoms. The van der Waals surface area contributed by atoms with Crippen molar-refractivity contribution in [1.29, 1.82) is 0 Å². The fourth-order valence-corrected chi connectivity index (χ4v) is 4.53. The van der Waals surface area contributed by atoms with Crippen molar-refractivity contribution in [3.63, 3.8) is 0 Å². The van der Waals surface area contributed by atoms with E-state index in [0.717, 1.165) is 31.2 Å². The van der Waals surface area contributed by atoms with Gasteiger partial charge in [0.15, 0.2) is 0 Å². The summed E-state index contributed by atoms with van der Waals surface area (Å²) in [6.45, 7) is 3.84. The number of carbonyl (C=O) groups excluding carboxylic acids is 3. The number of rotatable bonds is 3. The molecular formula is C21H27N3O5. The lowest BCUT2D eigenvalue weighted by Crippen LogP contribution is -2.55. The summed E-state index contributed by atoms with van der Waals surface area (Å²) in [4.78, 5) is 40.6. The molecule has 4 rings (SSSR count). The van der Waals surface area contributed by atoms with Gasteiger partial charge in [-0.2, -0.15) is 0 Å². The first-order chi connectivity index (χ1) is 13.9. The summed E-state index contributed by atoms with van der Waals surface area (Å²) in [5.74, 6) is -0.196. The Morgan fingerprint density at radius 1 is 1.17 bits per heavy atom. The van der Waals surface area contributed by atoms with Gasteiger partial charge in [0.05, 0.1) is 11.6 Å². The average Bonchev–Trinajstić information content (AvgIpc) is 3.10. The van der Waals surface area contributed by atoms with Gasteiger partial charge in [-0.3, -0.25) is 14.5 Å². The Hall–Kier alpha value is -2.77. The molecule has 156 valence electrons. The molecule has 29 heavy (non-hydrogen) atoms. The van der Waals surface area contributed by atoms with E-state index >= 15 is 0 Å². The number of cyclic esters (lactones) is 1. The van der Waals surface area contributed by atoms with Crippen LogP contribution in [0.5, 0.6) is 5.75 Å². The van der Waals surface area contributed by atoms with Crippen LogP contribution in [0.4, 0.5) is 4.79 Å². The molecule has 0 radical (unpaired) electrons. The van der Waals surface area contributed by atoms with Gasteiger partial charge in [0.2, 0.25) is 5.91 Å². The zero-order chi connectivity index (χ0) is 20.5. The quantitative estimate of drug-likeness (QED) is 0.802. The molecule has 2 N–H and O–H groups in total. The smallest absolute Gasteiger partial charge is 0.410 e. The molecular weight excluding hydrogens is 374 g/mol. The maximum Gasteiger partial charge on any atom is 0.410 e. The Bertz CT molecular complexity index is 819. The van der Waals surface area contributed by atoms with E-state index in [4.69, 9.17) is 4.74 Å². The van der Waals surface area contributed by atoms with E-state index in [0.29, 0.717) is 26.2 Å². The summed E-state index contributed by atoms with van der Waals surface area (Å²) in [5.41, 5.74) is 1.20. The number of benzene rings is 1. The van der Waals surface area contributed by atoms with Crippen molar-refractivity contribution >= 4 is 17.9 Å². The lowest BCUT2D eigenvalue weighted by Gasteiger charge is -2.38. The molecule has 1 aromatic carbocycles. The maximum absolute atomic E-state index is 12.9. The highest BCUT2D eigenvalue weighted by Gasteiger charge is 2.40. The van der Waals surface area contributed by atoms with E-state index in [1.165, 1.54) is 6.07 Å². The van der Waals surface area contributed by atoms with Crippen LogP contribution in [-0.2, 0) is 9.53 Å². The van der Waals surface area contributed by atoms with Gasteiger partial charge in [-0.25, -0.2) is 4.79 Å². The third-order valence-electron chi connectivity index (χ3n) is 6.24. The van der Waals surface area contributed by atoms with Gasteiger partial charge in [0.1, 0.15) is 12.4 Å². The summed E-state index contributed by atoms with van der Waals surface area (Å²) in [6.07, 6.45) is 2.64. The largest absolute Gasteiger partial charge is 0.507 e. The van der Waals surface area contributed by atoms with Gasteiger partial charge in [-0.05, 0) is 44.7 Å². The van der Waals surface area contributed by atoms with Crippen LogP contribution in [0, 0.1) is 12.8 Å².